The minimum atomic E-state index is 0.760. The first-order valence-corrected chi connectivity index (χ1v) is 5.82. The number of imidazole rings is 1. The van der Waals surface area contributed by atoms with Gasteiger partial charge in [-0.2, -0.15) is 0 Å². The Kier molecular flexibility index (Phi) is 3.25. The second-order valence-corrected chi connectivity index (χ2v) is 4.58. The number of hydrogen-bond donors (Lipinski definition) is 2. The van der Waals surface area contributed by atoms with Crippen molar-refractivity contribution in [2.45, 2.75) is 13.5 Å². The summed E-state index contributed by atoms with van der Waals surface area (Å²) in [5, 5.41) is 3.33. The SMILES string of the molecule is Cc1[nH]cnc1CNc1ccc(I)cc1. The van der Waals surface area contributed by atoms with Crippen molar-refractivity contribution < 1.29 is 0 Å². The van der Waals surface area contributed by atoms with Crippen molar-refractivity contribution in [2.75, 3.05) is 5.32 Å². The number of anilines is 1. The Morgan fingerprint density at radius 3 is 2.67 bits per heavy atom. The van der Waals surface area contributed by atoms with Gasteiger partial charge in [-0.15, -0.1) is 0 Å². The number of halogens is 1. The first-order chi connectivity index (χ1) is 7.25. The van der Waals surface area contributed by atoms with Crippen LogP contribution >= 0.6 is 22.6 Å². The van der Waals surface area contributed by atoms with Gasteiger partial charge in [0, 0.05) is 15.0 Å². The standard InChI is InChI=1S/C11H12IN3/c1-8-11(15-7-14-8)6-13-10-4-2-9(12)3-5-10/h2-5,7,13H,6H2,1H3,(H,14,15). The topological polar surface area (TPSA) is 40.7 Å². The first kappa shape index (κ1) is 10.5. The Bertz CT molecular complexity index is 433. The highest BCUT2D eigenvalue weighted by Crippen LogP contribution is 2.12. The molecule has 0 unspecified atom stereocenters. The molecule has 0 aliphatic heterocycles. The molecule has 0 radical (unpaired) electrons. The van der Waals surface area contributed by atoms with Crippen molar-refractivity contribution in [1.29, 1.82) is 0 Å². The summed E-state index contributed by atoms with van der Waals surface area (Å²) in [6.07, 6.45) is 1.72. The van der Waals surface area contributed by atoms with Crippen LogP contribution in [0.25, 0.3) is 0 Å². The molecule has 2 aromatic rings. The van der Waals surface area contributed by atoms with Crippen LogP contribution in [0.4, 0.5) is 5.69 Å². The number of H-pyrrole nitrogens is 1. The Morgan fingerprint density at radius 2 is 2.07 bits per heavy atom. The van der Waals surface area contributed by atoms with Gasteiger partial charge in [0.1, 0.15) is 0 Å². The van der Waals surface area contributed by atoms with Gasteiger partial charge in [-0.05, 0) is 53.8 Å². The summed E-state index contributed by atoms with van der Waals surface area (Å²) in [6, 6.07) is 8.31. The molecule has 0 aliphatic rings. The summed E-state index contributed by atoms with van der Waals surface area (Å²) in [5.74, 6) is 0. The Hall–Kier alpha value is -1.04. The van der Waals surface area contributed by atoms with E-state index in [2.05, 4.69) is 62.1 Å². The highest BCUT2D eigenvalue weighted by Gasteiger charge is 1.99. The summed E-state index contributed by atoms with van der Waals surface area (Å²) in [5.41, 5.74) is 3.30. The lowest BCUT2D eigenvalue weighted by Gasteiger charge is -2.04. The second-order valence-electron chi connectivity index (χ2n) is 3.33. The zero-order valence-corrected chi connectivity index (χ0v) is 10.6. The Morgan fingerprint density at radius 1 is 1.33 bits per heavy atom. The van der Waals surface area contributed by atoms with E-state index in [-0.39, 0.29) is 0 Å². The van der Waals surface area contributed by atoms with Crippen molar-refractivity contribution in [2.24, 2.45) is 0 Å². The van der Waals surface area contributed by atoms with Crippen LogP contribution < -0.4 is 5.32 Å². The summed E-state index contributed by atoms with van der Waals surface area (Å²) >= 11 is 2.30. The maximum atomic E-state index is 4.23. The van der Waals surface area contributed by atoms with Gasteiger partial charge >= 0.3 is 0 Å². The molecule has 0 saturated heterocycles. The summed E-state index contributed by atoms with van der Waals surface area (Å²) in [6.45, 7) is 2.79. The highest BCUT2D eigenvalue weighted by molar-refractivity contribution is 14.1. The molecule has 0 aliphatic carbocycles. The first-order valence-electron chi connectivity index (χ1n) is 4.74. The maximum absolute atomic E-state index is 4.23. The van der Waals surface area contributed by atoms with Crippen LogP contribution in [-0.2, 0) is 6.54 Å². The highest BCUT2D eigenvalue weighted by atomic mass is 127. The minimum absolute atomic E-state index is 0.760. The van der Waals surface area contributed by atoms with E-state index in [1.807, 2.05) is 6.92 Å². The summed E-state index contributed by atoms with van der Waals surface area (Å²) in [4.78, 5) is 7.29. The molecular formula is C11H12IN3. The maximum Gasteiger partial charge on any atom is 0.0925 e. The largest absolute Gasteiger partial charge is 0.379 e. The van der Waals surface area contributed by atoms with Gasteiger partial charge in [0.2, 0.25) is 0 Å². The minimum Gasteiger partial charge on any atom is -0.379 e. The lowest BCUT2D eigenvalue weighted by molar-refractivity contribution is 1.05. The number of aromatic nitrogens is 2. The van der Waals surface area contributed by atoms with Crippen LogP contribution in [0.1, 0.15) is 11.4 Å². The number of nitrogens with zero attached hydrogens (tertiary/aromatic N) is 1. The molecule has 1 aromatic carbocycles. The number of hydrogen-bond acceptors (Lipinski definition) is 2. The van der Waals surface area contributed by atoms with Crippen LogP contribution in [-0.4, -0.2) is 9.97 Å². The van der Waals surface area contributed by atoms with Crippen molar-refractivity contribution >= 4 is 28.3 Å². The fourth-order valence-corrected chi connectivity index (χ4v) is 1.68. The molecule has 2 rings (SSSR count). The zero-order valence-electron chi connectivity index (χ0n) is 8.42. The van der Waals surface area contributed by atoms with Crippen molar-refractivity contribution in [3.05, 3.63) is 45.6 Å². The summed E-state index contributed by atoms with van der Waals surface area (Å²) < 4.78 is 1.24. The van der Waals surface area contributed by atoms with Gasteiger partial charge < -0.3 is 10.3 Å². The second kappa shape index (κ2) is 4.65. The monoisotopic (exact) mass is 313 g/mol. The Balaban J connectivity index is 1.99. The van der Waals surface area contributed by atoms with Crippen LogP contribution in [0, 0.1) is 10.5 Å². The van der Waals surface area contributed by atoms with Crippen molar-refractivity contribution in [3.8, 4) is 0 Å². The molecule has 0 bridgehead atoms. The number of nitrogens with one attached hydrogen (secondary N) is 2. The van der Waals surface area contributed by atoms with E-state index in [0.29, 0.717) is 0 Å². The van der Waals surface area contributed by atoms with Crippen molar-refractivity contribution in [1.82, 2.24) is 9.97 Å². The third kappa shape index (κ3) is 2.71. The van der Waals surface area contributed by atoms with E-state index in [9.17, 15) is 0 Å². The Labute approximate surface area is 102 Å². The van der Waals surface area contributed by atoms with Gasteiger partial charge in [0.25, 0.3) is 0 Å². The molecule has 0 saturated carbocycles. The molecule has 1 heterocycles. The van der Waals surface area contributed by atoms with E-state index in [4.69, 9.17) is 0 Å². The normalized spacial score (nSPS) is 10.3. The molecule has 1 aromatic heterocycles. The fourth-order valence-electron chi connectivity index (χ4n) is 1.32. The fraction of sp³-hybridized carbons (Fsp3) is 0.182. The van der Waals surface area contributed by atoms with Crippen LogP contribution in [0.3, 0.4) is 0 Å². The average molecular weight is 313 g/mol. The quantitative estimate of drug-likeness (QED) is 0.856. The van der Waals surface area contributed by atoms with E-state index in [1.165, 1.54) is 3.57 Å². The third-order valence-electron chi connectivity index (χ3n) is 2.24. The molecule has 15 heavy (non-hydrogen) atoms. The molecule has 0 atom stereocenters. The molecule has 78 valence electrons. The predicted molar refractivity (Wildman–Crippen MR) is 69.8 cm³/mol. The number of aromatic amines is 1. The average Bonchev–Trinajstić information content (AvgIpc) is 2.63. The number of aryl methyl sites for hydroxylation is 1. The lowest BCUT2D eigenvalue weighted by Crippen LogP contribution is -2.01. The molecule has 0 spiro atoms. The molecule has 3 nitrogen and oxygen atoms in total. The molecule has 0 amide bonds. The van der Waals surface area contributed by atoms with Crippen LogP contribution in [0.5, 0.6) is 0 Å². The van der Waals surface area contributed by atoms with E-state index < -0.39 is 0 Å². The van der Waals surface area contributed by atoms with E-state index in [1.54, 1.807) is 6.33 Å². The van der Waals surface area contributed by atoms with Gasteiger partial charge in [0.15, 0.2) is 0 Å². The molecule has 2 N–H and O–H groups in total. The summed E-state index contributed by atoms with van der Waals surface area (Å²) in [7, 11) is 0. The zero-order chi connectivity index (χ0) is 10.7. The van der Waals surface area contributed by atoms with Crippen molar-refractivity contribution in [3.63, 3.8) is 0 Å². The van der Waals surface area contributed by atoms with E-state index >= 15 is 0 Å². The number of rotatable bonds is 3. The van der Waals surface area contributed by atoms with Gasteiger partial charge in [-0.25, -0.2) is 4.98 Å². The molecular weight excluding hydrogens is 301 g/mol. The predicted octanol–water partition coefficient (Wildman–Crippen LogP) is 2.93. The van der Waals surface area contributed by atoms with Gasteiger partial charge in [-0.3, -0.25) is 0 Å². The smallest absolute Gasteiger partial charge is 0.0925 e. The van der Waals surface area contributed by atoms with Gasteiger partial charge in [-0.1, -0.05) is 0 Å². The molecule has 4 heteroatoms. The number of benzene rings is 1. The van der Waals surface area contributed by atoms with Crippen LogP contribution in [0.2, 0.25) is 0 Å². The van der Waals surface area contributed by atoms with E-state index in [0.717, 1.165) is 23.6 Å². The van der Waals surface area contributed by atoms with Gasteiger partial charge in [0.05, 0.1) is 18.6 Å². The molecule has 0 fully saturated rings. The van der Waals surface area contributed by atoms with Crippen LogP contribution in [0.15, 0.2) is 30.6 Å². The third-order valence-corrected chi connectivity index (χ3v) is 2.96. The lowest BCUT2D eigenvalue weighted by atomic mass is 10.3.